The van der Waals surface area contributed by atoms with E-state index < -0.39 is 0 Å². The molecule has 13 rings (SSSR count). The van der Waals surface area contributed by atoms with Crippen LogP contribution >= 0.6 is 0 Å². The number of benzene rings is 9. The van der Waals surface area contributed by atoms with Crippen molar-refractivity contribution in [1.29, 1.82) is 0 Å². The molecule has 0 saturated carbocycles. The Kier molecular flexibility index (Phi) is 7.58. The van der Waals surface area contributed by atoms with Crippen molar-refractivity contribution in [2.75, 3.05) is 0 Å². The zero-order chi connectivity index (χ0) is 41.8. The van der Waals surface area contributed by atoms with Gasteiger partial charge in [-0.3, -0.25) is 0 Å². The maximum absolute atomic E-state index is 6.76. The summed E-state index contributed by atoms with van der Waals surface area (Å²) < 4.78 is 9.12. The molecule has 1 aliphatic rings. The van der Waals surface area contributed by atoms with E-state index in [1.54, 1.807) is 0 Å². The van der Waals surface area contributed by atoms with Gasteiger partial charge in [0.05, 0.1) is 16.7 Å². The first-order valence-corrected chi connectivity index (χ1v) is 21.5. The predicted molar refractivity (Wildman–Crippen MR) is 258 cm³/mol. The van der Waals surface area contributed by atoms with Crippen molar-refractivity contribution >= 4 is 54.5 Å². The minimum Gasteiger partial charge on any atom is -0.456 e. The molecule has 3 aromatic heterocycles. The van der Waals surface area contributed by atoms with Gasteiger partial charge < -0.3 is 8.98 Å². The number of nitrogens with zero attached hydrogens (tertiary/aromatic N) is 4. The van der Waals surface area contributed by atoms with Crippen LogP contribution in [0.1, 0.15) is 25.0 Å². The van der Waals surface area contributed by atoms with Gasteiger partial charge in [-0.05, 0) is 80.6 Å². The Morgan fingerprint density at radius 3 is 1.94 bits per heavy atom. The van der Waals surface area contributed by atoms with E-state index in [1.165, 1.54) is 43.8 Å². The van der Waals surface area contributed by atoms with Gasteiger partial charge in [-0.15, -0.1) is 0 Å². The van der Waals surface area contributed by atoms with Crippen LogP contribution in [-0.2, 0) is 5.41 Å². The van der Waals surface area contributed by atoms with Gasteiger partial charge in [-0.1, -0.05) is 166 Å². The molecule has 1 aliphatic carbocycles. The Morgan fingerprint density at radius 2 is 1.06 bits per heavy atom. The molecule has 12 aromatic rings. The lowest BCUT2D eigenvalue weighted by atomic mass is 9.82. The Hall–Kier alpha value is -8.15. The molecule has 63 heavy (non-hydrogen) atoms. The number of aromatic nitrogens is 4. The second-order valence-corrected chi connectivity index (χ2v) is 17.2. The van der Waals surface area contributed by atoms with Gasteiger partial charge in [0.2, 0.25) is 0 Å². The molecular weight excluding hydrogens is 769 g/mol. The second-order valence-electron chi connectivity index (χ2n) is 17.2. The molecule has 0 N–H and O–H groups in total. The van der Waals surface area contributed by atoms with Crippen LogP contribution in [0.4, 0.5) is 0 Å². The van der Waals surface area contributed by atoms with Crippen LogP contribution in [0.25, 0.3) is 117 Å². The highest BCUT2D eigenvalue weighted by molar-refractivity contribution is 6.21. The summed E-state index contributed by atoms with van der Waals surface area (Å²) >= 11 is 0. The largest absolute Gasteiger partial charge is 0.456 e. The summed E-state index contributed by atoms with van der Waals surface area (Å²) in [5.74, 6) is 1.79. The van der Waals surface area contributed by atoms with Crippen molar-refractivity contribution < 1.29 is 4.42 Å². The Bertz CT molecular complexity index is 3840. The van der Waals surface area contributed by atoms with Crippen LogP contribution < -0.4 is 0 Å². The van der Waals surface area contributed by atoms with E-state index >= 15 is 0 Å². The monoisotopic (exact) mass is 806 g/mol. The van der Waals surface area contributed by atoms with Gasteiger partial charge in [0.25, 0.3) is 0 Å². The minimum atomic E-state index is -0.186. The third kappa shape index (κ3) is 5.39. The van der Waals surface area contributed by atoms with Crippen molar-refractivity contribution in [3.63, 3.8) is 0 Å². The van der Waals surface area contributed by atoms with Crippen LogP contribution in [0.15, 0.2) is 199 Å². The van der Waals surface area contributed by atoms with Gasteiger partial charge >= 0.3 is 0 Å². The van der Waals surface area contributed by atoms with Gasteiger partial charge in [-0.25, -0.2) is 15.0 Å². The number of para-hydroxylation sites is 2. The summed E-state index contributed by atoms with van der Waals surface area (Å²) in [5.41, 5.74) is 14.7. The van der Waals surface area contributed by atoms with Crippen LogP contribution in [0.3, 0.4) is 0 Å². The van der Waals surface area contributed by atoms with E-state index in [0.29, 0.717) is 17.5 Å². The standard InChI is InChI=1S/C58H38N4O/c1-58(2)47-24-11-8-21-42(47)43-29-27-39(32-48(43)58)56-59-55(38-19-14-18-37(31-38)35-15-4-3-5-16-35)60-57(61-56)46-33-40(34-52-54(46)45-23-10-13-26-51(45)63-52)62-49-25-12-9-22-44(49)53-41-20-7-6-17-36(41)28-30-50(53)62/h3-34H,1-2H3. The molecule has 0 fully saturated rings. The summed E-state index contributed by atoms with van der Waals surface area (Å²) in [4.78, 5) is 16.2. The number of rotatable bonds is 5. The molecule has 9 aromatic carbocycles. The highest BCUT2D eigenvalue weighted by atomic mass is 16.3. The van der Waals surface area contributed by atoms with E-state index in [-0.39, 0.29) is 5.41 Å². The van der Waals surface area contributed by atoms with Crippen molar-refractivity contribution in [3.05, 3.63) is 205 Å². The summed E-state index contributed by atoms with van der Waals surface area (Å²) in [7, 11) is 0. The van der Waals surface area contributed by atoms with Crippen LogP contribution in [-0.4, -0.2) is 19.5 Å². The smallest absolute Gasteiger partial charge is 0.164 e. The molecule has 0 atom stereocenters. The zero-order valence-electron chi connectivity index (χ0n) is 34.7. The summed E-state index contributed by atoms with van der Waals surface area (Å²) in [6.07, 6.45) is 0. The average Bonchev–Trinajstić information content (AvgIpc) is 3.97. The van der Waals surface area contributed by atoms with Crippen molar-refractivity contribution in [3.8, 4) is 62.1 Å². The lowest BCUT2D eigenvalue weighted by Gasteiger charge is -2.21. The lowest BCUT2D eigenvalue weighted by molar-refractivity contribution is 0.660. The summed E-state index contributed by atoms with van der Waals surface area (Å²) in [6.45, 7) is 4.62. The maximum atomic E-state index is 6.76. The van der Waals surface area contributed by atoms with Crippen molar-refractivity contribution in [1.82, 2.24) is 19.5 Å². The first-order valence-electron chi connectivity index (χ1n) is 21.5. The number of hydrogen-bond acceptors (Lipinski definition) is 4. The molecule has 0 unspecified atom stereocenters. The first-order chi connectivity index (χ1) is 31.0. The molecule has 296 valence electrons. The Balaban J connectivity index is 1.09. The predicted octanol–water partition coefficient (Wildman–Crippen LogP) is 15.0. The van der Waals surface area contributed by atoms with Gasteiger partial charge in [0.15, 0.2) is 17.5 Å². The molecule has 3 heterocycles. The molecule has 0 saturated heterocycles. The van der Waals surface area contributed by atoms with E-state index in [4.69, 9.17) is 19.4 Å². The van der Waals surface area contributed by atoms with Crippen LogP contribution in [0.2, 0.25) is 0 Å². The number of furan rings is 1. The van der Waals surface area contributed by atoms with Crippen LogP contribution in [0, 0.1) is 0 Å². The fourth-order valence-electron chi connectivity index (χ4n) is 10.2. The van der Waals surface area contributed by atoms with Gasteiger partial charge in [-0.2, -0.15) is 0 Å². The average molecular weight is 807 g/mol. The Morgan fingerprint density at radius 1 is 0.397 bits per heavy atom. The SMILES string of the molecule is CC1(C)c2ccccc2-c2ccc(-c3nc(-c4cccc(-c5ccccc5)c4)nc(-c4cc(-n5c6ccccc6c6c7ccccc7ccc65)cc5oc6ccccc6c45)n3)cc21. The van der Waals surface area contributed by atoms with Crippen LogP contribution in [0.5, 0.6) is 0 Å². The summed E-state index contributed by atoms with van der Waals surface area (Å²) in [5, 5.41) is 6.82. The van der Waals surface area contributed by atoms with E-state index in [2.05, 4.69) is 194 Å². The van der Waals surface area contributed by atoms with E-state index in [1.807, 2.05) is 18.2 Å². The highest BCUT2D eigenvalue weighted by Crippen LogP contribution is 2.50. The van der Waals surface area contributed by atoms with Crippen molar-refractivity contribution in [2.24, 2.45) is 0 Å². The third-order valence-electron chi connectivity index (χ3n) is 13.2. The van der Waals surface area contributed by atoms with Gasteiger partial charge in [0.1, 0.15) is 11.2 Å². The van der Waals surface area contributed by atoms with E-state index in [9.17, 15) is 0 Å². The topological polar surface area (TPSA) is 56.7 Å². The lowest BCUT2D eigenvalue weighted by Crippen LogP contribution is -2.15. The summed E-state index contributed by atoms with van der Waals surface area (Å²) in [6, 6.07) is 68.9. The molecule has 5 nitrogen and oxygen atoms in total. The molecule has 0 spiro atoms. The molecule has 0 amide bonds. The fraction of sp³-hybridized carbons (Fsp3) is 0.0517. The quantitative estimate of drug-likeness (QED) is 0.174. The normalized spacial score (nSPS) is 13.0. The molecule has 5 heteroatoms. The second kappa shape index (κ2) is 13.4. The van der Waals surface area contributed by atoms with Crippen molar-refractivity contribution in [2.45, 2.75) is 19.3 Å². The molecule has 0 aliphatic heterocycles. The first kappa shape index (κ1) is 35.6. The molecule has 0 bridgehead atoms. The zero-order valence-corrected chi connectivity index (χ0v) is 34.7. The number of hydrogen-bond donors (Lipinski definition) is 0. The maximum Gasteiger partial charge on any atom is 0.164 e. The molecular formula is C58H38N4O. The fourth-order valence-corrected chi connectivity index (χ4v) is 10.2. The van der Waals surface area contributed by atoms with E-state index in [0.717, 1.165) is 66.5 Å². The third-order valence-corrected chi connectivity index (χ3v) is 13.2. The minimum absolute atomic E-state index is 0.186. The van der Waals surface area contributed by atoms with Gasteiger partial charge in [0, 0.05) is 49.7 Å². The molecule has 0 radical (unpaired) electrons. The highest BCUT2D eigenvalue weighted by Gasteiger charge is 2.35. The number of fused-ring (bicyclic) bond motifs is 11. The Labute approximate surface area is 363 Å².